The van der Waals surface area contributed by atoms with Gasteiger partial charge >= 0.3 is 0 Å². The lowest BCUT2D eigenvalue weighted by atomic mass is 10.1. The number of thiophene rings is 1. The third-order valence-corrected chi connectivity index (χ3v) is 4.47. The molecule has 5 heteroatoms. The molecule has 0 amide bonds. The van der Waals surface area contributed by atoms with E-state index in [-0.39, 0.29) is 11.7 Å². The molecule has 3 rings (SSSR count). The Balaban J connectivity index is 1.90. The van der Waals surface area contributed by atoms with Gasteiger partial charge in [-0.15, -0.1) is 11.3 Å². The molecule has 2 aromatic rings. The van der Waals surface area contributed by atoms with Crippen LogP contribution in [0.2, 0.25) is 4.34 Å². The summed E-state index contributed by atoms with van der Waals surface area (Å²) in [5, 5.41) is 2.94. The summed E-state index contributed by atoms with van der Waals surface area (Å²) in [5.41, 5.74) is 1.00. The van der Waals surface area contributed by atoms with Crippen LogP contribution in [-0.2, 0) is 6.42 Å². The van der Waals surface area contributed by atoms with E-state index in [0.29, 0.717) is 0 Å². The van der Waals surface area contributed by atoms with Gasteiger partial charge < -0.3 is 5.32 Å². The van der Waals surface area contributed by atoms with Gasteiger partial charge in [0.1, 0.15) is 17.3 Å². The molecule has 1 N–H and O–H groups in total. The first-order chi connectivity index (χ1) is 8.65. The van der Waals surface area contributed by atoms with Crippen molar-refractivity contribution in [1.29, 1.82) is 0 Å². The third-order valence-electron chi connectivity index (χ3n) is 3.13. The Kier molecular flexibility index (Phi) is 2.99. The highest BCUT2D eigenvalue weighted by atomic mass is 35.5. The van der Waals surface area contributed by atoms with E-state index in [1.54, 1.807) is 0 Å². The van der Waals surface area contributed by atoms with Crippen molar-refractivity contribution in [3.8, 4) is 0 Å². The van der Waals surface area contributed by atoms with Crippen molar-refractivity contribution in [2.45, 2.75) is 18.9 Å². The fourth-order valence-electron chi connectivity index (χ4n) is 2.29. The van der Waals surface area contributed by atoms with E-state index in [4.69, 9.17) is 11.6 Å². The number of benzene rings is 1. The summed E-state index contributed by atoms with van der Waals surface area (Å²) >= 11 is 7.49. The second-order valence-electron chi connectivity index (χ2n) is 4.26. The Morgan fingerprint density at radius 3 is 2.72 bits per heavy atom. The molecule has 0 aliphatic heterocycles. The second-order valence-corrected chi connectivity index (χ2v) is 6.03. The summed E-state index contributed by atoms with van der Waals surface area (Å²) in [6.07, 6.45) is 1.74. The molecule has 0 saturated heterocycles. The molecule has 94 valence electrons. The average Bonchev–Trinajstić information content (AvgIpc) is 2.84. The molecule has 0 spiro atoms. The summed E-state index contributed by atoms with van der Waals surface area (Å²) in [6.45, 7) is 0. The van der Waals surface area contributed by atoms with Gasteiger partial charge in [0, 0.05) is 4.88 Å². The molecule has 1 unspecified atom stereocenters. The van der Waals surface area contributed by atoms with Gasteiger partial charge in [-0.05, 0) is 36.6 Å². The van der Waals surface area contributed by atoms with Crippen LogP contribution in [0.4, 0.5) is 14.5 Å². The van der Waals surface area contributed by atoms with Crippen LogP contribution >= 0.6 is 22.9 Å². The summed E-state index contributed by atoms with van der Waals surface area (Å²) in [6, 6.07) is 5.68. The fourth-order valence-corrected chi connectivity index (χ4v) is 3.65. The van der Waals surface area contributed by atoms with E-state index in [1.165, 1.54) is 34.4 Å². The van der Waals surface area contributed by atoms with Gasteiger partial charge in [0.15, 0.2) is 0 Å². The molecule has 18 heavy (non-hydrogen) atoms. The van der Waals surface area contributed by atoms with Gasteiger partial charge in [-0.25, -0.2) is 8.78 Å². The molecule has 0 bridgehead atoms. The van der Waals surface area contributed by atoms with Gasteiger partial charge in [0.2, 0.25) is 0 Å². The minimum atomic E-state index is -0.565. The Morgan fingerprint density at radius 1 is 1.28 bits per heavy atom. The van der Waals surface area contributed by atoms with Crippen molar-refractivity contribution < 1.29 is 8.78 Å². The third kappa shape index (κ3) is 1.99. The van der Waals surface area contributed by atoms with Crippen molar-refractivity contribution in [1.82, 2.24) is 0 Å². The van der Waals surface area contributed by atoms with Crippen LogP contribution < -0.4 is 5.32 Å². The van der Waals surface area contributed by atoms with Crippen LogP contribution in [0.5, 0.6) is 0 Å². The minimum absolute atomic E-state index is 0.0577. The van der Waals surface area contributed by atoms with Crippen molar-refractivity contribution in [3.05, 3.63) is 50.7 Å². The number of anilines is 1. The molecule has 1 heterocycles. The zero-order valence-electron chi connectivity index (χ0n) is 9.34. The Hall–Kier alpha value is -1.13. The Bertz CT molecular complexity index is 576. The molecule has 1 atom stereocenters. The van der Waals surface area contributed by atoms with E-state index in [1.807, 2.05) is 6.07 Å². The van der Waals surface area contributed by atoms with Crippen molar-refractivity contribution in [2.24, 2.45) is 0 Å². The number of rotatable bonds is 2. The predicted molar refractivity (Wildman–Crippen MR) is 70.4 cm³/mol. The van der Waals surface area contributed by atoms with Crippen molar-refractivity contribution in [2.75, 3.05) is 5.32 Å². The number of fused-ring (bicyclic) bond motifs is 1. The van der Waals surface area contributed by atoms with Crippen LogP contribution in [0.25, 0.3) is 0 Å². The van der Waals surface area contributed by atoms with Gasteiger partial charge in [0.05, 0.1) is 10.4 Å². The molecule has 1 aliphatic carbocycles. The van der Waals surface area contributed by atoms with Crippen LogP contribution in [0.1, 0.15) is 22.9 Å². The lowest BCUT2D eigenvalue weighted by molar-refractivity contribution is 0.582. The minimum Gasteiger partial charge on any atom is -0.373 e. The van der Waals surface area contributed by atoms with Crippen LogP contribution in [0.15, 0.2) is 24.3 Å². The molecule has 0 fully saturated rings. The molecule has 1 aliphatic rings. The first kappa shape index (κ1) is 11.9. The van der Waals surface area contributed by atoms with Gasteiger partial charge in [-0.2, -0.15) is 0 Å². The van der Waals surface area contributed by atoms with Crippen LogP contribution in [0, 0.1) is 11.6 Å². The lowest BCUT2D eigenvalue weighted by Crippen LogP contribution is -2.09. The van der Waals surface area contributed by atoms with Crippen LogP contribution in [0.3, 0.4) is 0 Å². The number of halogens is 3. The summed E-state index contributed by atoms with van der Waals surface area (Å²) in [7, 11) is 0. The molecule has 1 aromatic carbocycles. The quantitative estimate of drug-likeness (QED) is 0.837. The molecular formula is C13H10ClF2NS. The summed E-state index contributed by atoms with van der Waals surface area (Å²) in [4.78, 5) is 1.20. The summed E-state index contributed by atoms with van der Waals surface area (Å²) in [5.74, 6) is -1.13. The Labute approximate surface area is 112 Å². The molecular weight excluding hydrogens is 276 g/mol. The Morgan fingerprint density at radius 2 is 2.00 bits per heavy atom. The fraction of sp³-hybridized carbons (Fsp3) is 0.231. The maximum atomic E-state index is 13.6. The van der Waals surface area contributed by atoms with Gasteiger partial charge in [0.25, 0.3) is 0 Å². The number of hydrogen-bond donors (Lipinski definition) is 1. The smallest absolute Gasteiger partial charge is 0.149 e. The monoisotopic (exact) mass is 285 g/mol. The van der Waals surface area contributed by atoms with E-state index in [0.717, 1.165) is 22.7 Å². The van der Waals surface area contributed by atoms with E-state index < -0.39 is 11.6 Å². The number of hydrogen-bond acceptors (Lipinski definition) is 2. The largest absolute Gasteiger partial charge is 0.373 e. The van der Waals surface area contributed by atoms with Crippen LogP contribution in [-0.4, -0.2) is 0 Å². The number of aryl methyl sites for hydroxylation is 1. The standard InChI is InChI=1S/C13H10ClF2NS/c14-12-6-7-10(4-5-11(7)18-12)17-13-8(15)2-1-3-9(13)16/h1-3,6,10,17H,4-5H2. The van der Waals surface area contributed by atoms with Crippen molar-refractivity contribution >= 4 is 28.6 Å². The topological polar surface area (TPSA) is 12.0 Å². The molecule has 0 radical (unpaired) electrons. The molecule has 0 saturated carbocycles. The molecule has 1 nitrogen and oxygen atoms in total. The first-order valence-electron chi connectivity index (χ1n) is 5.64. The van der Waals surface area contributed by atoms with Crippen molar-refractivity contribution in [3.63, 3.8) is 0 Å². The van der Waals surface area contributed by atoms with Gasteiger partial charge in [-0.1, -0.05) is 17.7 Å². The summed E-state index contributed by atoms with van der Waals surface area (Å²) < 4.78 is 27.8. The second kappa shape index (κ2) is 4.52. The van der Waals surface area contributed by atoms with E-state index in [2.05, 4.69) is 5.32 Å². The van der Waals surface area contributed by atoms with E-state index >= 15 is 0 Å². The zero-order chi connectivity index (χ0) is 12.7. The maximum absolute atomic E-state index is 13.6. The van der Waals surface area contributed by atoms with Gasteiger partial charge in [-0.3, -0.25) is 0 Å². The first-order valence-corrected chi connectivity index (χ1v) is 6.83. The highest BCUT2D eigenvalue weighted by Gasteiger charge is 2.26. The number of para-hydroxylation sites is 1. The predicted octanol–water partition coefficient (Wildman–Crippen LogP) is 4.78. The normalized spacial score (nSPS) is 17.8. The van der Waals surface area contributed by atoms with E-state index in [9.17, 15) is 8.78 Å². The molecule has 1 aromatic heterocycles. The number of nitrogens with one attached hydrogen (secondary N) is 1. The highest BCUT2D eigenvalue weighted by molar-refractivity contribution is 7.16. The SMILES string of the molecule is Fc1cccc(F)c1NC1CCc2sc(Cl)cc21. The maximum Gasteiger partial charge on any atom is 0.149 e. The average molecular weight is 286 g/mol. The zero-order valence-corrected chi connectivity index (χ0v) is 10.9. The lowest BCUT2D eigenvalue weighted by Gasteiger charge is -2.15. The highest BCUT2D eigenvalue weighted by Crippen LogP contribution is 2.41.